The number of para-hydroxylation sites is 1. The van der Waals surface area contributed by atoms with Crippen LogP contribution in [0.15, 0.2) is 30.3 Å². The van der Waals surface area contributed by atoms with Crippen molar-refractivity contribution in [3.05, 3.63) is 36.0 Å². The minimum Gasteiger partial charge on any atom is -0.394 e. The molecule has 0 aliphatic heterocycles. The fraction of sp³-hybridized carbons (Fsp3) is 0.577. The molecule has 4 N–H and O–H groups in total. The maximum absolute atomic E-state index is 12.6. The molecule has 0 spiro atoms. The Kier molecular flexibility index (Phi) is 15.3. The standard InChI is InChI=1S/C25H39N5O6.CH4/c1-19(32)9-12-35-14-15-36-13-10-27-25(34)22(18-31)28-24(33)8-11-30-21(17-29(3)26-2)16-20-6-4-5-7-23(20)30;/h4-7,16,22,26,31H,8-15,17-18H2,1-3H3,(H,27,34)(H,28,33);1H4/t22-;/m0./s1. The van der Waals surface area contributed by atoms with Crippen LogP contribution >= 0.6 is 0 Å². The Balaban J connectivity index is 0.00000684. The van der Waals surface area contributed by atoms with Gasteiger partial charge in [0.05, 0.1) is 39.6 Å². The Labute approximate surface area is 219 Å². The number of Topliss-reactive ketones (excluding diaryl/α,β-unsaturated/α-hetero) is 1. The van der Waals surface area contributed by atoms with Gasteiger partial charge in [0.1, 0.15) is 11.8 Å². The van der Waals surface area contributed by atoms with Gasteiger partial charge in [-0.25, -0.2) is 5.01 Å². The summed E-state index contributed by atoms with van der Waals surface area (Å²) in [5.41, 5.74) is 5.17. The maximum atomic E-state index is 12.6. The van der Waals surface area contributed by atoms with Crippen LogP contribution in [0.1, 0.15) is 32.9 Å². The third kappa shape index (κ3) is 11.4. The number of nitrogens with zero attached hydrogens (tertiary/aromatic N) is 2. The summed E-state index contributed by atoms with van der Waals surface area (Å²) >= 11 is 0. The number of rotatable bonds is 18. The number of carbonyl (C=O) groups is 3. The lowest BCUT2D eigenvalue weighted by atomic mass is 10.2. The third-order valence-corrected chi connectivity index (χ3v) is 5.59. The number of aryl methyl sites for hydroxylation is 1. The van der Waals surface area contributed by atoms with E-state index in [9.17, 15) is 19.5 Å². The number of hydrogen-bond donors (Lipinski definition) is 4. The van der Waals surface area contributed by atoms with Crippen molar-refractivity contribution in [3.8, 4) is 0 Å². The summed E-state index contributed by atoms with van der Waals surface area (Å²) in [6.45, 7) is 3.66. The molecule has 37 heavy (non-hydrogen) atoms. The molecule has 208 valence electrons. The lowest BCUT2D eigenvalue weighted by Crippen LogP contribution is -2.49. The van der Waals surface area contributed by atoms with Crippen LogP contribution in [0, 0.1) is 0 Å². The number of fused-ring (bicyclic) bond motifs is 1. The number of hydrazine groups is 1. The number of carbonyl (C=O) groups excluding carboxylic acids is 3. The second kappa shape index (κ2) is 17.6. The molecule has 0 unspecified atom stereocenters. The summed E-state index contributed by atoms with van der Waals surface area (Å²) in [7, 11) is 3.79. The van der Waals surface area contributed by atoms with Crippen molar-refractivity contribution in [1.82, 2.24) is 25.6 Å². The molecule has 0 aliphatic carbocycles. The third-order valence-electron chi connectivity index (χ3n) is 5.59. The molecule has 0 saturated carbocycles. The summed E-state index contributed by atoms with van der Waals surface area (Å²) in [4.78, 5) is 35.8. The molecule has 0 bridgehead atoms. The van der Waals surface area contributed by atoms with Crippen molar-refractivity contribution in [1.29, 1.82) is 0 Å². The number of aliphatic hydroxyl groups is 1. The van der Waals surface area contributed by atoms with Gasteiger partial charge in [-0.2, -0.15) is 0 Å². The topological polar surface area (TPSA) is 134 Å². The Morgan fingerprint density at radius 3 is 2.46 bits per heavy atom. The van der Waals surface area contributed by atoms with Gasteiger partial charge in [0.15, 0.2) is 0 Å². The molecule has 1 aromatic carbocycles. The van der Waals surface area contributed by atoms with Crippen LogP contribution in [0.2, 0.25) is 0 Å². The highest BCUT2D eigenvalue weighted by Gasteiger charge is 2.20. The second-order valence-electron chi connectivity index (χ2n) is 8.45. The average Bonchev–Trinajstić information content (AvgIpc) is 3.21. The van der Waals surface area contributed by atoms with Gasteiger partial charge < -0.3 is 29.8 Å². The van der Waals surface area contributed by atoms with E-state index < -0.39 is 18.6 Å². The van der Waals surface area contributed by atoms with E-state index in [4.69, 9.17) is 9.47 Å². The van der Waals surface area contributed by atoms with Crippen LogP contribution in [0.3, 0.4) is 0 Å². The number of hydrogen-bond acceptors (Lipinski definition) is 8. The van der Waals surface area contributed by atoms with Gasteiger partial charge >= 0.3 is 0 Å². The van der Waals surface area contributed by atoms with E-state index in [1.807, 2.05) is 43.4 Å². The SMILES string of the molecule is C.CNN(C)Cc1cc2ccccc2n1CCC(=O)N[C@@H](CO)C(=O)NCCOCCOCCC(C)=O. The Hall–Kier alpha value is -2.83. The molecular weight excluding hydrogens is 478 g/mol. The number of nitrogens with one attached hydrogen (secondary N) is 3. The van der Waals surface area contributed by atoms with E-state index in [1.54, 1.807) is 0 Å². The summed E-state index contributed by atoms with van der Waals surface area (Å²) in [6.07, 6.45) is 0.534. The van der Waals surface area contributed by atoms with Crippen molar-refractivity contribution in [2.75, 3.05) is 53.7 Å². The zero-order valence-electron chi connectivity index (χ0n) is 21.4. The number of aromatic nitrogens is 1. The fourth-order valence-electron chi connectivity index (χ4n) is 3.57. The quantitative estimate of drug-likeness (QED) is 0.168. The lowest BCUT2D eigenvalue weighted by Gasteiger charge is -2.19. The highest BCUT2D eigenvalue weighted by molar-refractivity contribution is 5.88. The van der Waals surface area contributed by atoms with E-state index >= 15 is 0 Å². The fourth-order valence-corrected chi connectivity index (χ4v) is 3.57. The van der Waals surface area contributed by atoms with Gasteiger partial charge in [-0.3, -0.25) is 19.8 Å². The Morgan fingerprint density at radius 2 is 1.78 bits per heavy atom. The molecule has 1 aromatic heterocycles. The molecule has 2 rings (SSSR count). The van der Waals surface area contributed by atoms with Crippen LogP contribution in [0.25, 0.3) is 10.9 Å². The Morgan fingerprint density at radius 1 is 1.08 bits per heavy atom. The summed E-state index contributed by atoms with van der Waals surface area (Å²) in [5, 5.41) is 17.9. The average molecular weight is 522 g/mol. The van der Waals surface area contributed by atoms with Gasteiger partial charge in [0.25, 0.3) is 0 Å². The lowest BCUT2D eigenvalue weighted by molar-refractivity contribution is -0.130. The number of benzene rings is 1. The number of ketones is 1. The Bertz CT molecular complexity index is 980. The predicted octanol–water partition coefficient (Wildman–Crippen LogP) is 0.839. The van der Waals surface area contributed by atoms with Crippen LogP contribution < -0.4 is 16.1 Å². The minimum absolute atomic E-state index is 0. The van der Waals surface area contributed by atoms with Crippen molar-refractivity contribution in [3.63, 3.8) is 0 Å². The predicted molar refractivity (Wildman–Crippen MR) is 143 cm³/mol. The molecule has 0 saturated heterocycles. The minimum atomic E-state index is -1.04. The van der Waals surface area contributed by atoms with Gasteiger partial charge in [-0.05, 0) is 31.5 Å². The highest BCUT2D eigenvalue weighted by atomic mass is 16.5. The first-order valence-electron chi connectivity index (χ1n) is 12.1. The molecule has 0 fully saturated rings. The van der Waals surface area contributed by atoms with Crippen molar-refractivity contribution in [2.45, 2.75) is 46.3 Å². The van der Waals surface area contributed by atoms with Crippen molar-refractivity contribution < 1.29 is 29.0 Å². The maximum Gasteiger partial charge on any atom is 0.245 e. The van der Waals surface area contributed by atoms with Gasteiger partial charge in [-0.1, -0.05) is 25.6 Å². The molecule has 11 heteroatoms. The van der Waals surface area contributed by atoms with E-state index in [-0.39, 0.29) is 38.7 Å². The first-order valence-corrected chi connectivity index (χ1v) is 12.1. The van der Waals surface area contributed by atoms with Crippen molar-refractivity contribution >= 4 is 28.5 Å². The zero-order valence-corrected chi connectivity index (χ0v) is 21.4. The molecule has 1 heterocycles. The van der Waals surface area contributed by atoms with Crippen LogP contribution in [-0.2, 0) is 36.9 Å². The van der Waals surface area contributed by atoms with Crippen LogP contribution in [0.4, 0.5) is 0 Å². The molecule has 0 radical (unpaired) electrons. The van der Waals surface area contributed by atoms with E-state index in [2.05, 4.69) is 26.7 Å². The highest BCUT2D eigenvalue weighted by Crippen LogP contribution is 2.21. The monoisotopic (exact) mass is 521 g/mol. The zero-order chi connectivity index (χ0) is 26.3. The smallest absolute Gasteiger partial charge is 0.245 e. The van der Waals surface area contributed by atoms with E-state index in [0.717, 1.165) is 16.6 Å². The van der Waals surface area contributed by atoms with E-state index in [1.165, 1.54) is 6.92 Å². The first-order chi connectivity index (χ1) is 17.3. The van der Waals surface area contributed by atoms with Crippen LogP contribution in [0.5, 0.6) is 0 Å². The van der Waals surface area contributed by atoms with Crippen LogP contribution in [-0.4, -0.2) is 92.0 Å². The number of ether oxygens (including phenoxy) is 2. The molecule has 1 atom stereocenters. The molecule has 11 nitrogen and oxygen atoms in total. The summed E-state index contributed by atoms with van der Waals surface area (Å²) in [6, 6.07) is 9.05. The summed E-state index contributed by atoms with van der Waals surface area (Å²) in [5.74, 6) is -0.728. The molecule has 2 amide bonds. The van der Waals surface area contributed by atoms with E-state index in [0.29, 0.717) is 39.3 Å². The van der Waals surface area contributed by atoms with Gasteiger partial charge in [0.2, 0.25) is 11.8 Å². The first kappa shape index (κ1) is 32.2. The molecule has 2 aromatic rings. The molecular formula is C26H43N5O6. The number of amides is 2. The molecule has 0 aliphatic rings. The van der Waals surface area contributed by atoms with Crippen molar-refractivity contribution in [2.24, 2.45) is 0 Å². The summed E-state index contributed by atoms with van der Waals surface area (Å²) < 4.78 is 12.7. The van der Waals surface area contributed by atoms with Gasteiger partial charge in [0, 0.05) is 44.2 Å². The second-order valence-corrected chi connectivity index (χ2v) is 8.45. The largest absolute Gasteiger partial charge is 0.394 e. The van der Waals surface area contributed by atoms with Gasteiger partial charge in [-0.15, -0.1) is 0 Å². The normalized spacial score (nSPS) is 11.8. The number of aliphatic hydroxyl groups excluding tert-OH is 1.